The first kappa shape index (κ1) is 10.6. The van der Waals surface area contributed by atoms with Gasteiger partial charge in [-0.2, -0.15) is 4.37 Å². The summed E-state index contributed by atoms with van der Waals surface area (Å²) in [7, 11) is 1.33. The van der Waals surface area contributed by atoms with E-state index in [2.05, 4.69) is 14.1 Å². The lowest BCUT2D eigenvalue weighted by molar-refractivity contribution is 0.0601. The normalized spacial score (nSPS) is 10.1. The summed E-state index contributed by atoms with van der Waals surface area (Å²) in [5.41, 5.74) is 1.22. The molecule has 1 aromatic heterocycles. The summed E-state index contributed by atoms with van der Waals surface area (Å²) >= 11 is 0.862. The summed E-state index contributed by atoms with van der Waals surface area (Å²) in [6.45, 7) is 0. The number of H-pyrrole nitrogens is 1. The van der Waals surface area contributed by atoms with E-state index in [0.29, 0.717) is 11.4 Å². The number of carbonyl (C=O) groups excluding carboxylic acids is 1. The number of nitrogens with one attached hydrogen (secondary N) is 1. The average Bonchev–Trinajstić information content (AvgIpc) is 2.75. The zero-order valence-electron chi connectivity index (χ0n) is 8.39. The van der Waals surface area contributed by atoms with Gasteiger partial charge in [-0.25, -0.2) is 4.79 Å². The number of esters is 1. The molecular formula is C10H8N2O3S. The van der Waals surface area contributed by atoms with Crippen LogP contribution in [-0.4, -0.2) is 22.4 Å². The van der Waals surface area contributed by atoms with E-state index in [1.807, 2.05) is 0 Å². The van der Waals surface area contributed by atoms with Crippen LogP contribution in [0.5, 0.6) is 0 Å². The van der Waals surface area contributed by atoms with Crippen LogP contribution in [0.15, 0.2) is 29.1 Å². The average molecular weight is 236 g/mol. The highest BCUT2D eigenvalue weighted by Gasteiger charge is 2.06. The Bertz CT molecular complexity index is 556. The van der Waals surface area contributed by atoms with E-state index < -0.39 is 5.97 Å². The van der Waals surface area contributed by atoms with Gasteiger partial charge in [-0.1, -0.05) is 12.1 Å². The Balaban J connectivity index is 2.32. The number of hydrogen-bond acceptors (Lipinski definition) is 5. The number of benzene rings is 1. The highest BCUT2D eigenvalue weighted by Crippen LogP contribution is 2.15. The van der Waals surface area contributed by atoms with Gasteiger partial charge in [0, 0.05) is 17.1 Å². The summed E-state index contributed by atoms with van der Waals surface area (Å²) in [6.07, 6.45) is 0. The molecular weight excluding hydrogens is 228 g/mol. The number of methoxy groups -OCH3 is 1. The van der Waals surface area contributed by atoms with Crippen molar-refractivity contribution in [2.24, 2.45) is 0 Å². The molecule has 0 fully saturated rings. The first-order chi connectivity index (χ1) is 7.70. The topological polar surface area (TPSA) is 72.0 Å². The predicted octanol–water partition coefficient (Wildman–Crippen LogP) is 1.28. The lowest BCUT2D eigenvalue weighted by Gasteiger charge is -1.99. The van der Waals surface area contributed by atoms with Gasteiger partial charge in [0.05, 0.1) is 12.7 Å². The molecule has 0 atom stereocenters. The van der Waals surface area contributed by atoms with Gasteiger partial charge in [-0.05, 0) is 12.1 Å². The molecule has 0 amide bonds. The maximum Gasteiger partial charge on any atom is 0.337 e. The van der Waals surface area contributed by atoms with Gasteiger partial charge < -0.3 is 4.74 Å². The summed E-state index contributed by atoms with van der Waals surface area (Å²) in [4.78, 5) is 24.5. The summed E-state index contributed by atoms with van der Waals surface area (Å²) < 4.78 is 8.51. The van der Waals surface area contributed by atoms with E-state index in [0.717, 1.165) is 17.1 Å². The zero-order chi connectivity index (χ0) is 11.5. The molecule has 1 N–H and O–H groups in total. The molecule has 16 heavy (non-hydrogen) atoms. The second-order valence-electron chi connectivity index (χ2n) is 3.01. The molecule has 0 unspecified atom stereocenters. The van der Waals surface area contributed by atoms with Crippen LogP contribution >= 0.6 is 11.5 Å². The lowest BCUT2D eigenvalue weighted by atomic mass is 10.1. The minimum absolute atomic E-state index is 0.202. The number of aromatic nitrogens is 2. The molecule has 1 aromatic carbocycles. The van der Waals surface area contributed by atoms with Crippen molar-refractivity contribution in [1.82, 2.24) is 9.36 Å². The molecule has 0 aliphatic rings. The highest BCUT2D eigenvalue weighted by atomic mass is 32.1. The van der Waals surface area contributed by atoms with Gasteiger partial charge in [0.1, 0.15) is 0 Å². The summed E-state index contributed by atoms with van der Waals surface area (Å²) in [5.74, 6) is 0.115. The van der Waals surface area contributed by atoms with E-state index in [1.165, 1.54) is 7.11 Å². The SMILES string of the molecule is COC(=O)c1ccc(-c2nsc(=O)[nH]2)cc1. The molecule has 0 aliphatic heterocycles. The lowest BCUT2D eigenvalue weighted by Crippen LogP contribution is -2.00. The van der Waals surface area contributed by atoms with Gasteiger partial charge in [-0.15, -0.1) is 0 Å². The standard InChI is InChI=1S/C10H8N2O3S/c1-15-9(13)7-4-2-6(3-5-7)8-11-10(14)16-12-8/h2-5H,1H3,(H,11,12,14). The molecule has 0 saturated heterocycles. The molecule has 5 nitrogen and oxygen atoms in total. The summed E-state index contributed by atoms with van der Waals surface area (Å²) in [5, 5.41) is 0. The number of aromatic amines is 1. The van der Waals surface area contributed by atoms with Gasteiger partial charge in [0.15, 0.2) is 5.82 Å². The predicted molar refractivity (Wildman–Crippen MR) is 59.5 cm³/mol. The highest BCUT2D eigenvalue weighted by molar-refractivity contribution is 7.03. The Morgan fingerprint density at radius 2 is 2.06 bits per heavy atom. The minimum atomic E-state index is -0.390. The quantitative estimate of drug-likeness (QED) is 0.797. The molecule has 0 radical (unpaired) electrons. The summed E-state index contributed by atoms with van der Waals surface area (Å²) in [6, 6.07) is 6.66. The molecule has 0 saturated carbocycles. The molecule has 0 aliphatic carbocycles. The van der Waals surface area contributed by atoms with Gasteiger partial charge in [-0.3, -0.25) is 9.78 Å². The Morgan fingerprint density at radius 3 is 2.56 bits per heavy atom. The van der Waals surface area contributed by atoms with Crippen LogP contribution in [0.4, 0.5) is 0 Å². The van der Waals surface area contributed by atoms with Crippen molar-refractivity contribution in [3.05, 3.63) is 39.5 Å². The third-order valence-corrected chi connectivity index (χ3v) is 2.56. The van der Waals surface area contributed by atoms with Crippen molar-refractivity contribution in [1.29, 1.82) is 0 Å². The van der Waals surface area contributed by atoms with E-state index in [4.69, 9.17) is 0 Å². The fourth-order valence-corrected chi connectivity index (χ4v) is 1.70. The maximum absolute atomic E-state index is 11.2. The molecule has 1 heterocycles. The van der Waals surface area contributed by atoms with Crippen molar-refractivity contribution < 1.29 is 9.53 Å². The van der Waals surface area contributed by atoms with Crippen LogP contribution in [0.3, 0.4) is 0 Å². The van der Waals surface area contributed by atoms with Crippen LogP contribution in [0.1, 0.15) is 10.4 Å². The van der Waals surface area contributed by atoms with Crippen molar-refractivity contribution in [3.8, 4) is 11.4 Å². The first-order valence-electron chi connectivity index (χ1n) is 4.45. The van der Waals surface area contributed by atoms with Crippen molar-refractivity contribution in [2.45, 2.75) is 0 Å². The number of carbonyl (C=O) groups is 1. The molecule has 0 bridgehead atoms. The number of nitrogens with zero attached hydrogens (tertiary/aromatic N) is 1. The Morgan fingerprint density at radius 1 is 1.38 bits per heavy atom. The number of ether oxygens (including phenoxy) is 1. The minimum Gasteiger partial charge on any atom is -0.465 e. The van der Waals surface area contributed by atoms with E-state index in [9.17, 15) is 9.59 Å². The van der Waals surface area contributed by atoms with E-state index >= 15 is 0 Å². The Kier molecular flexibility index (Phi) is 2.82. The molecule has 0 spiro atoms. The third kappa shape index (κ3) is 2.01. The van der Waals surface area contributed by atoms with Crippen LogP contribution < -0.4 is 4.87 Å². The maximum atomic E-state index is 11.2. The van der Waals surface area contributed by atoms with Gasteiger partial charge in [0.25, 0.3) is 0 Å². The monoisotopic (exact) mass is 236 g/mol. The van der Waals surface area contributed by atoms with Crippen LogP contribution in [-0.2, 0) is 4.74 Å². The van der Waals surface area contributed by atoms with Crippen molar-refractivity contribution in [3.63, 3.8) is 0 Å². The number of rotatable bonds is 2. The van der Waals surface area contributed by atoms with Gasteiger partial charge >= 0.3 is 10.8 Å². The fourth-order valence-electron chi connectivity index (χ4n) is 1.24. The number of hydrogen-bond donors (Lipinski definition) is 1. The van der Waals surface area contributed by atoms with E-state index in [1.54, 1.807) is 24.3 Å². The van der Waals surface area contributed by atoms with E-state index in [-0.39, 0.29) is 4.87 Å². The molecule has 2 rings (SSSR count). The second-order valence-corrected chi connectivity index (χ2v) is 3.75. The van der Waals surface area contributed by atoms with Crippen LogP contribution in [0.2, 0.25) is 0 Å². The first-order valence-corrected chi connectivity index (χ1v) is 5.23. The van der Waals surface area contributed by atoms with Gasteiger partial charge in [0.2, 0.25) is 0 Å². The van der Waals surface area contributed by atoms with Crippen molar-refractivity contribution >= 4 is 17.5 Å². The van der Waals surface area contributed by atoms with Crippen molar-refractivity contribution in [2.75, 3.05) is 7.11 Å². The second kappa shape index (κ2) is 4.28. The molecule has 82 valence electrons. The van der Waals surface area contributed by atoms with Crippen LogP contribution in [0.25, 0.3) is 11.4 Å². The fraction of sp³-hybridized carbons (Fsp3) is 0.100. The third-order valence-electron chi connectivity index (χ3n) is 2.02. The zero-order valence-corrected chi connectivity index (χ0v) is 9.21. The molecule has 2 aromatic rings. The molecule has 6 heteroatoms. The largest absolute Gasteiger partial charge is 0.465 e. The van der Waals surface area contributed by atoms with Crippen LogP contribution in [0, 0.1) is 0 Å². The smallest absolute Gasteiger partial charge is 0.337 e. The Hall–Kier alpha value is -1.95. The Labute approximate surface area is 94.9 Å².